The van der Waals surface area contributed by atoms with Gasteiger partial charge in [0.25, 0.3) is 5.69 Å². The van der Waals surface area contributed by atoms with Crippen LogP contribution >= 0.6 is 28.3 Å². The lowest BCUT2D eigenvalue weighted by Gasteiger charge is -2.25. The third kappa shape index (κ3) is 4.42. The molecular formula is C21H22BrN3O2S. The largest absolute Gasteiger partial charge is 0.313 e. The number of nitro groups is 1. The second kappa shape index (κ2) is 9.30. The molecular weight excluding hydrogens is 438 g/mol. The summed E-state index contributed by atoms with van der Waals surface area (Å²) in [5.74, 6) is 0. The lowest BCUT2D eigenvalue weighted by atomic mass is 9.95. The molecule has 0 bridgehead atoms. The zero-order valence-corrected chi connectivity index (χ0v) is 17.9. The number of aromatic nitrogens is 1. The van der Waals surface area contributed by atoms with E-state index in [1.54, 1.807) is 23.5 Å². The number of non-ortho nitro benzene ring substituents is 1. The fourth-order valence-electron chi connectivity index (χ4n) is 3.70. The number of rotatable bonds is 4. The molecule has 1 aliphatic rings. The van der Waals surface area contributed by atoms with Crippen LogP contribution in [0.2, 0.25) is 0 Å². The van der Waals surface area contributed by atoms with Crippen LogP contribution in [0.5, 0.6) is 0 Å². The van der Waals surface area contributed by atoms with E-state index in [4.69, 9.17) is 4.99 Å². The average Bonchev–Trinajstić information content (AvgIpc) is 3.13. The normalized spacial score (nSPS) is 15.2. The van der Waals surface area contributed by atoms with E-state index in [0.717, 1.165) is 34.6 Å². The number of para-hydroxylation sites is 1. The number of halogens is 1. The summed E-state index contributed by atoms with van der Waals surface area (Å²) >= 11 is 1.60. The van der Waals surface area contributed by atoms with Crippen molar-refractivity contribution in [2.45, 2.75) is 38.1 Å². The minimum atomic E-state index is -0.337. The predicted molar refractivity (Wildman–Crippen MR) is 119 cm³/mol. The van der Waals surface area contributed by atoms with Crippen LogP contribution in [0.4, 0.5) is 11.4 Å². The van der Waals surface area contributed by atoms with E-state index in [-0.39, 0.29) is 27.6 Å². The fraction of sp³-hybridized carbons (Fsp3) is 0.286. The Bertz CT molecular complexity index is 1010. The number of hydrogen-bond acceptors (Lipinski definition) is 4. The summed E-state index contributed by atoms with van der Waals surface area (Å²) in [6, 6.07) is 17.2. The van der Waals surface area contributed by atoms with E-state index >= 15 is 0 Å². The molecule has 0 aliphatic heterocycles. The highest BCUT2D eigenvalue weighted by Gasteiger charge is 2.21. The van der Waals surface area contributed by atoms with E-state index in [2.05, 4.69) is 9.95 Å². The molecule has 2 aromatic carbocycles. The highest BCUT2D eigenvalue weighted by atomic mass is 79.9. The van der Waals surface area contributed by atoms with Gasteiger partial charge in [0.2, 0.25) is 0 Å². The second-order valence-electron chi connectivity index (χ2n) is 6.82. The standard InChI is InChI=1S/C21H21N3O2S.BrH/c25-24(26)19-13-7-8-16(14-19)20-15-27-21(22-17-9-3-1-4-10-17)23(20)18-11-5-2-6-12-18;/h1,3-4,7-10,13-15,18H,2,5-6,11-12H2;1H. The molecule has 1 fully saturated rings. The summed E-state index contributed by atoms with van der Waals surface area (Å²) in [5.41, 5.74) is 2.94. The molecule has 3 aromatic rings. The van der Waals surface area contributed by atoms with Crippen LogP contribution in [0, 0.1) is 10.1 Å². The van der Waals surface area contributed by atoms with E-state index in [1.807, 2.05) is 36.4 Å². The molecule has 1 saturated carbocycles. The molecule has 146 valence electrons. The van der Waals surface area contributed by atoms with Crippen LogP contribution in [0.15, 0.2) is 65.0 Å². The first-order chi connectivity index (χ1) is 13.2. The Labute approximate surface area is 178 Å². The molecule has 0 atom stereocenters. The van der Waals surface area contributed by atoms with Crippen molar-refractivity contribution in [1.29, 1.82) is 0 Å². The molecule has 0 spiro atoms. The summed E-state index contributed by atoms with van der Waals surface area (Å²) in [6.45, 7) is 0. The lowest BCUT2D eigenvalue weighted by molar-refractivity contribution is -0.384. The molecule has 0 saturated heterocycles. The summed E-state index contributed by atoms with van der Waals surface area (Å²) in [7, 11) is 0. The van der Waals surface area contributed by atoms with E-state index in [9.17, 15) is 10.1 Å². The van der Waals surface area contributed by atoms with Crippen molar-refractivity contribution < 1.29 is 4.92 Å². The summed E-state index contributed by atoms with van der Waals surface area (Å²) < 4.78 is 2.30. The maximum atomic E-state index is 11.2. The average molecular weight is 460 g/mol. The van der Waals surface area contributed by atoms with Gasteiger partial charge in [0.05, 0.1) is 16.3 Å². The molecule has 28 heavy (non-hydrogen) atoms. The van der Waals surface area contributed by atoms with Crippen molar-refractivity contribution in [2.24, 2.45) is 4.99 Å². The topological polar surface area (TPSA) is 60.4 Å². The molecule has 5 nitrogen and oxygen atoms in total. The van der Waals surface area contributed by atoms with Crippen LogP contribution in [0.1, 0.15) is 38.1 Å². The summed E-state index contributed by atoms with van der Waals surface area (Å²) in [6.07, 6.45) is 5.96. The van der Waals surface area contributed by atoms with Gasteiger partial charge < -0.3 is 4.57 Å². The van der Waals surface area contributed by atoms with Gasteiger partial charge >= 0.3 is 0 Å². The smallest absolute Gasteiger partial charge is 0.270 e. The van der Waals surface area contributed by atoms with Gasteiger partial charge in [-0.25, -0.2) is 4.99 Å². The third-order valence-corrected chi connectivity index (χ3v) is 5.86. The number of thiazole rings is 1. The maximum absolute atomic E-state index is 11.2. The molecule has 7 heteroatoms. The van der Waals surface area contributed by atoms with Gasteiger partial charge in [0, 0.05) is 29.1 Å². The highest BCUT2D eigenvalue weighted by molar-refractivity contribution is 8.93. The first-order valence-electron chi connectivity index (χ1n) is 9.27. The summed E-state index contributed by atoms with van der Waals surface area (Å²) in [4.78, 5) is 16.7. The minimum absolute atomic E-state index is 0. The molecule has 4 rings (SSSR count). The maximum Gasteiger partial charge on any atom is 0.270 e. The van der Waals surface area contributed by atoms with Crippen molar-refractivity contribution in [2.75, 3.05) is 0 Å². The number of hydrogen-bond donors (Lipinski definition) is 0. The molecule has 0 amide bonds. The fourth-order valence-corrected chi connectivity index (χ4v) is 4.68. The van der Waals surface area contributed by atoms with Gasteiger partial charge in [0.15, 0.2) is 4.80 Å². The Balaban J connectivity index is 0.00000225. The molecule has 1 heterocycles. The van der Waals surface area contributed by atoms with E-state index < -0.39 is 0 Å². The van der Waals surface area contributed by atoms with Crippen molar-refractivity contribution in [3.8, 4) is 11.3 Å². The van der Waals surface area contributed by atoms with Crippen LogP contribution in [0.3, 0.4) is 0 Å². The van der Waals surface area contributed by atoms with Crippen molar-refractivity contribution in [3.63, 3.8) is 0 Å². The number of benzene rings is 2. The Morgan fingerprint density at radius 2 is 1.79 bits per heavy atom. The minimum Gasteiger partial charge on any atom is -0.313 e. The monoisotopic (exact) mass is 459 g/mol. The Kier molecular flexibility index (Phi) is 6.80. The van der Waals surface area contributed by atoms with E-state index in [0.29, 0.717) is 6.04 Å². The van der Waals surface area contributed by atoms with Crippen LogP contribution in [-0.4, -0.2) is 9.49 Å². The van der Waals surface area contributed by atoms with Crippen molar-refractivity contribution in [3.05, 3.63) is 74.9 Å². The van der Waals surface area contributed by atoms with E-state index in [1.165, 1.54) is 25.3 Å². The first-order valence-corrected chi connectivity index (χ1v) is 10.1. The summed E-state index contributed by atoms with van der Waals surface area (Å²) in [5, 5.41) is 13.3. The van der Waals surface area contributed by atoms with Gasteiger partial charge in [-0.05, 0) is 25.0 Å². The molecule has 0 unspecified atom stereocenters. The molecule has 1 aromatic heterocycles. The molecule has 1 aliphatic carbocycles. The Morgan fingerprint density at radius 1 is 1.04 bits per heavy atom. The third-order valence-electron chi connectivity index (χ3n) is 5.02. The van der Waals surface area contributed by atoms with Crippen molar-refractivity contribution >= 4 is 39.7 Å². The molecule has 0 N–H and O–H groups in total. The van der Waals surface area contributed by atoms with Gasteiger partial charge in [-0.3, -0.25) is 10.1 Å². The zero-order valence-electron chi connectivity index (χ0n) is 15.4. The lowest BCUT2D eigenvalue weighted by Crippen LogP contribution is -2.23. The van der Waals surface area contributed by atoms with Crippen LogP contribution < -0.4 is 4.80 Å². The number of nitro benzene ring substituents is 1. The van der Waals surface area contributed by atoms with Gasteiger partial charge in [-0.1, -0.05) is 49.6 Å². The second-order valence-corrected chi connectivity index (χ2v) is 7.66. The number of nitrogens with zero attached hydrogens (tertiary/aromatic N) is 3. The first kappa shape index (κ1) is 20.5. The zero-order chi connectivity index (χ0) is 18.6. The predicted octanol–water partition coefficient (Wildman–Crippen LogP) is 6.44. The van der Waals surface area contributed by atoms with Crippen LogP contribution in [0.25, 0.3) is 11.3 Å². The van der Waals surface area contributed by atoms with Gasteiger partial charge in [0.1, 0.15) is 0 Å². The van der Waals surface area contributed by atoms with Gasteiger partial charge in [-0.2, -0.15) is 0 Å². The Morgan fingerprint density at radius 3 is 2.50 bits per heavy atom. The highest BCUT2D eigenvalue weighted by Crippen LogP contribution is 2.33. The SMILES string of the molecule is Br.O=[N+]([O-])c1cccc(-c2csc(=Nc3ccccc3)n2C2CCCCC2)c1. The molecule has 0 radical (unpaired) electrons. The van der Waals surface area contributed by atoms with Crippen LogP contribution in [-0.2, 0) is 0 Å². The quantitative estimate of drug-likeness (QED) is 0.332. The van der Waals surface area contributed by atoms with Crippen molar-refractivity contribution in [1.82, 2.24) is 4.57 Å². The van der Waals surface area contributed by atoms with Gasteiger partial charge in [-0.15, -0.1) is 28.3 Å². The Hall–Kier alpha value is -2.25.